The molecule has 2 bridgehead atoms. The number of aliphatic hydroxyl groups excluding tert-OH is 8. The van der Waals surface area contributed by atoms with Crippen molar-refractivity contribution in [3.8, 4) is 0 Å². The molecule has 24 atom stereocenters. The van der Waals surface area contributed by atoms with Crippen molar-refractivity contribution < 1.29 is 83.9 Å². The van der Waals surface area contributed by atoms with E-state index in [2.05, 4.69) is 47.6 Å². The Morgan fingerprint density at radius 3 is 2.17 bits per heavy atom. The summed E-state index contributed by atoms with van der Waals surface area (Å²) in [6.07, 6.45) is -10.6. The third kappa shape index (κ3) is 7.03. The first-order valence-corrected chi connectivity index (χ1v) is 23.4. The first kappa shape index (κ1) is 47.1. The third-order valence-electron chi connectivity index (χ3n) is 18.6. The summed E-state index contributed by atoms with van der Waals surface area (Å²) in [7, 11) is 0. The molecule has 63 heavy (non-hydrogen) atoms. The van der Waals surface area contributed by atoms with Gasteiger partial charge in [0.05, 0.1) is 44.7 Å². The Bertz CT molecular complexity index is 1710. The van der Waals surface area contributed by atoms with Gasteiger partial charge in [0.1, 0.15) is 61.0 Å². The predicted octanol–water partition coefficient (Wildman–Crippen LogP) is 0.463. The average molecular weight is 899 g/mol. The van der Waals surface area contributed by atoms with Crippen molar-refractivity contribution in [1.82, 2.24) is 0 Å². The summed E-state index contributed by atoms with van der Waals surface area (Å²) in [5.41, 5.74) is -0.384. The second-order valence-corrected chi connectivity index (χ2v) is 22.4. The molecule has 9 rings (SSSR count). The van der Waals surface area contributed by atoms with E-state index in [0.717, 1.165) is 38.5 Å². The molecular formula is C46H74O17. The second-order valence-electron chi connectivity index (χ2n) is 22.4. The zero-order chi connectivity index (χ0) is 45.4. The van der Waals surface area contributed by atoms with Gasteiger partial charge in [0.25, 0.3) is 0 Å². The minimum atomic E-state index is -1.70. The van der Waals surface area contributed by atoms with Crippen molar-refractivity contribution in [1.29, 1.82) is 0 Å². The smallest absolute Gasteiger partial charge is 0.187 e. The maximum atomic E-state index is 12.4. The van der Waals surface area contributed by atoms with Crippen LogP contribution >= 0.6 is 0 Å². The number of allylic oxidation sites excluding steroid dienone is 1. The van der Waals surface area contributed by atoms with Crippen molar-refractivity contribution in [3.05, 3.63) is 11.6 Å². The summed E-state index contributed by atoms with van der Waals surface area (Å²) in [5, 5.41) is 96.9. The lowest BCUT2D eigenvalue weighted by Gasteiger charge is -2.70. The highest BCUT2D eigenvalue weighted by Gasteiger charge is 2.81. The minimum Gasteiger partial charge on any atom is -0.394 e. The second kappa shape index (κ2) is 16.4. The highest BCUT2D eigenvalue weighted by molar-refractivity contribution is 5.27. The summed E-state index contributed by atoms with van der Waals surface area (Å²) in [4.78, 5) is 0. The summed E-state index contributed by atoms with van der Waals surface area (Å²) >= 11 is 0. The van der Waals surface area contributed by atoms with E-state index < -0.39 is 105 Å². The monoisotopic (exact) mass is 898 g/mol. The SMILES string of the molecule is CC(C)=C[C@@H]1CO[C@]23C[C@]4(CO2)[C@H](CC[C@@H]2[C@@]5(C)CC[C@H](O[C@H]6O[C@H]([C@@H](CO[C@@H]7O[C@@H](CO)[C@H](O)[C@H]7O)O[C@@H]7OC[C@H](O)[C@H](O)[C@H]7O)[C@H](O)[C@H]6O)C(C)(C)[C@@H]5CC[C@]24C)C3[C@@]1(C)O. The van der Waals surface area contributed by atoms with Gasteiger partial charge < -0.3 is 83.9 Å². The molecule has 1 unspecified atom stereocenters. The number of hydrogen-bond acceptors (Lipinski definition) is 17. The number of fused-ring (bicyclic) bond motifs is 4. The van der Waals surface area contributed by atoms with E-state index in [1.165, 1.54) is 5.57 Å². The highest BCUT2D eigenvalue weighted by atomic mass is 16.8. The molecule has 9 aliphatic rings. The van der Waals surface area contributed by atoms with Crippen LogP contribution in [0.4, 0.5) is 0 Å². The molecule has 0 aromatic carbocycles. The minimum absolute atomic E-state index is 0.0448. The van der Waals surface area contributed by atoms with Gasteiger partial charge in [0.15, 0.2) is 24.7 Å². The molecule has 5 heterocycles. The molecule has 0 amide bonds. The molecule has 17 nitrogen and oxygen atoms in total. The topological polar surface area (TPSA) is 256 Å². The molecule has 4 aliphatic carbocycles. The Balaban J connectivity index is 0.913. The molecule has 5 aliphatic heterocycles. The van der Waals surface area contributed by atoms with Gasteiger partial charge in [-0.2, -0.15) is 0 Å². The van der Waals surface area contributed by atoms with Crippen LogP contribution in [-0.2, 0) is 37.9 Å². The zero-order valence-electron chi connectivity index (χ0n) is 37.8. The average Bonchev–Trinajstić information content (AvgIpc) is 3.93. The van der Waals surface area contributed by atoms with E-state index in [1.54, 1.807) is 0 Å². The van der Waals surface area contributed by atoms with Crippen LogP contribution in [0.25, 0.3) is 0 Å². The maximum absolute atomic E-state index is 12.4. The van der Waals surface area contributed by atoms with E-state index in [0.29, 0.717) is 25.6 Å². The summed E-state index contributed by atoms with van der Waals surface area (Å²) in [5.74, 6) is -0.0556. The Hall–Kier alpha value is -0.940. The van der Waals surface area contributed by atoms with Crippen LogP contribution in [-0.4, -0.2) is 176 Å². The lowest BCUT2D eigenvalue weighted by molar-refractivity contribution is -0.339. The highest BCUT2D eigenvalue weighted by Crippen LogP contribution is 2.80. The van der Waals surface area contributed by atoms with Crippen molar-refractivity contribution in [2.75, 3.05) is 33.0 Å². The van der Waals surface area contributed by atoms with Crippen LogP contribution in [0.2, 0.25) is 0 Å². The van der Waals surface area contributed by atoms with Crippen molar-refractivity contribution in [2.24, 2.45) is 51.2 Å². The molecule has 0 aromatic heterocycles. The fourth-order valence-electron chi connectivity index (χ4n) is 15.5. The van der Waals surface area contributed by atoms with Crippen molar-refractivity contribution in [2.45, 2.75) is 191 Å². The standard InChI is InChI=1S/C46H74O17/c1-21(2)14-22-16-58-46-19-45(20-59-46)23(37(46)44(22,7)55)8-9-28-42(5)12-11-29(41(3,4)27(42)10-13-43(28,45)6)62-40-35(54)32(51)36(63-40)26(61-38-33(52)30(49)24(48)17-56-38)18-57-39-34(53)31(50)25(15-47)60-39/h14,22-40,47-55H,8-13,15-20H2,1-7H3/t22-,23-,24+,25+,26-,27+,28-,29+,30+,31+,32-,33-,34-,35-,36-,37?,38+,39-,40+,42+,43-,44+,45+,46-/m1/s1. The molecule has 17 heteroatoms. The van der Waals surface area contributed by atoms with E-state index in [4.69, 9.17) is 37.9 Å². The number of ether oxygens (including phenoxy) is 8. The Morgan fingerprint density at radius 1 is 0.762 bits per heavy atom. The lowest BCUT2D eigenvalue weighted by Crippen LogP contribution is -2.68. The van der Waals surface area contributed by atoms with Gasteiger partial charge in [0, 0.05) is 23.7 Å². The fraction of sp³-hybridized carbons (Fsp3) is 0.957. The molecule has 4 saturated carbocycles. The van der Waals surface area contributed by atoms with Crippen LogP contribution in [0.1, 0.15) is 93.4 Å². The van der Waals surface area contributed by atoms with Gasteiger partial charge in [-0.1, -0.05) is 39.3 Å². The van der Waals surface area contributed by atoms with Gasteiger partial charge in [0.2, 0.25) is 0 Å². The van der Waals surface area contributed by atoms with E-state index >= 15 is 0 Å². The van der Waals surface area contributed by atoms with E-state index in [9.17, 15) is 46.0 Å². The van der Waals surface area contributed by atoms with Crippen LogP contribution in [0.15, 0.2) is 11.6 Å². The molecule has 5 saturated heterocycles. The van der Waals surface area contributed by atoms with Gasteiger partial charge in [-0.05, 0) is 93.3 Å². The maximum Gasteiger partial charge on any atom is 0.187 e. The normalized spacial score (nSPS) is 56.3. The van der Waals surface area contributed by atoms with Crippen LogP contribution in [0.3, 0.4) is 0 Å². The molecule has 360 valence electrons. The molecular weight excluding hydrogens is 824 g/mol. The van der Waals surface area contributed by atoms with E-state index in [-0.39, 0.29) is 58.0 Å². The zero-order valence-corrected chi connectivity index (χ0v) is 37.8. The summed E-state index contributed by atoms with van der Waals surface area (Å²) in [6.45, 7) is 15.2. The molecule has 0 aromatic rings. The molecule has 9 fully saturated rings. The fourth-order valence-corrected chi connectivity index (χ4v) is 15.5. The quantitative estimate of drug-likeness (QED) is 0.135. The third-order valence-corrected chi connectivity index (χ3v) is 18.6. The molecule has 9 N–H and O–H groups in total. The van der Waals surface area contributed by atoms with Crippen LogP contribution in [0.5, 0.6) is 0 Å². The first-order chi connectivity index (χ1) is 29.6. The predicted molar refractivity (Wildman–Crippen MR) is 219 cm³/mol. The number of rotatable bonds is 10. The number of hydrogen-bond donors (Lipinski definition) is 9. The molecule has 0 radical (unpaired) electrons. The summed E-state index contributed by atoms with van der Waals surface area (Å²) < 4.78 is 49.3. The largest absolute Gasteiger partial charge is 0.394 e. The van der Waals surface area contributed by atoms with Crippen LogP contribution < -0.4 is 0 Å². The van der Waals surface area contributed by atoms with Crippen molar-refractivity contribution >= 4 is 0 Å². The number of aliphatic hydroxyl groups is 9. The first-order valence-electron chi connectivity index (χ1n) is 23.4. The lowest BCUT2D eigenvalue weighted by atomic mass is 9.35. The van der Waals surface area contributed by atoms with E-state index in [1.807, 2.05) is 6.92 Å². The van der Waals surface area contributed by atoms with Gasteiger partial charge in [-0.25, -0.2) is 0 Å². The molecule has 2 spiro atoms. The van der Waals surface area contributed by atoms with Gasteiger partial charge in [-0.15, -0.1) is 0 Å². The Morgan fingerprint density at radius 2 is 1.48 bits per heavy atom. The summed E-state index contributed by atoms with van der Waals surface area (Å²) in [6, 6.07) is 0. The van der Waals surface area contributed by atoms with Gasteiger partial charge >= 0.3 is 0 Å². The van der Waals surface area contributed by atoms with Crippen molar-refractivity contribution in [3.63, 3.8) is 0 Å². The van der Waals surface area contributed by atoms with Crippen LogP contribution in [0, 0.1) is 51.2 Å². The van der Waals surface area contributed by atoms with Gasteiger partial charge in [-0.3, -0.25) is 0 Å². The Kier molecular flexibility index (Phi) is 12.2. The Labute approximate surface area is 369 Å².